The molecule has 0 radical (unpaired) electrons. The van der Waals surface area contributed by atoms with Crippen molar-refractivity contribution in [2.24, 2.45) is 5.92 Å². The second-order valence-electron chi connectivity index (χ2n) is 6.39. The minimum absolute atomic E-state index is 0.109. The van der Waals surface area contributed by atoms with Crippen LogP contribution in [0.3, 0.4) is 0 Å². The molecule has 0 spiro atoms. The standard InChI is InChI=1S/C20H25FN2O2/c1-3-4-5-6-16-11-18(24)13-23(2)14-19(16)20(25)22-12-15-7-9-17(21)10-8-15/h4-10,19H,3,11-14H2,1-2H3,(H,22,25)/b5-4-,16-6+. The zero-order valence-corrected chi connectivity index (χ0v) is 14.8. The Morgan fingerprint density at radius 1 is 1.36 bits per heavy atom. The third-order valence-corrected chi connectivity index (χ3v) is 4.17. The van der Waals surface area contributed by atoms with Gasteiger partial charge in [-0.25, -0.2) is 4.39 Å². The highest BCUT2D eigenvalue weighted by Crippen LogP contribution is 2.21. The first kappa shape index (κ1) is 19.1. The smallest absolute Gasteiger partial charge is 0.228 e. The Morgan fingerprint density at radius 2 is 2.08 bits per heavy atom. The third-order valence-electron chi connectivity index (χ3n) is 4.17. The molecule has 1 amide bonds. The number of benzene rings is 1. The van der Waals surface area contributed by atoms with Gasteiger partial charge in [-0.2, -0.15) is 0 Å². The van der Waals surface area contributed by atoms with Crippen molar-refractivity contribution in [3.05, 3.63) is 59.4 Å². The molecule has 134 valence electrons. The number of hydrogen-bond donors (Lipinski definition) is 1. The van der Waals surface area contributed by atoms with Crippen LogP contribution in [0.15, 0.2) is 48.1 Å². The lowest BCUT2D eigenvalue weighted by Gasteiger charge is -2.20. The first-order valence-electron chi connectivity index (χ1n) is 8.57. The van der Waals surface area contributed by atoms with Crippen LogP contribution in [-0.4, -0.2) is 36.7 Å². The Kier molecular flexibility index (Phi) is 7.07. The van der Waals surface area contributed by atoms with Crippen LogP contribution >= 0.6 is 0 Å². The summed E-state index contributed by atoms with van der Waals surface area (Å²) in [5.41, 5.74) is 1.68. The van der Waals surface area contributed by atoms with E-state index >= 15 is 0 Å². The second kappa shape index (κ2) is 9.28. The first-order valence-corrected chi connectivity index (χ1v) is 8.57. The number of likely N-dealkylation sites (N-methyl/N-ethyl adjacent to an activating group) is 1. The van der Waals surface area contributed by atoms with E-state index in [1.165, 1.54) is 12.1 Å². The van der Waals surface area contributed by atoms with E-state index in [2.05, 4.69) is 5.32 Å². The van der Waals surface area contributed by atoms with Gasteiger partial charge in [0.1, 0.15) is 5.82 Å². The molecule has 1 heterocycles. The number of ketones is 1. The van der Waals surface area contributed by atoms with E-state index in [0.29, 0.717) is 26.1 Å². The van der Waals surface area contributed by atoms with Crippen molar-refractivity contribution in [2.75, 3.05) is 20.1 Å². The molecule has 0 bridgehead atoms. The predicted molar refractivity (Wildman–Crippen MR) is 96.4 cm³/mol. The van der Waals surface area contributed by atoms with Gasteiger partial charge in [-0.15, -0.1) is 0 Å². The SMILES string of the molecule is CC/C=C\C=C1/CC(=O)CN(C)CC1C(=O)NCc1ccc(F)cc1. The molecular weight excluding hydrogens is 319 g/mol. The van der Waals surface area contributed by atoms with E-state index in [0.717, 1.165) is 17.6 Å². The molecular formula is C20H25FN2O2. The fourth-order valence-electron chi connectivity index (χ4n) is 2.87. The number of Topliss-reactive ketones (excluding diaryl/α,β-unsaturated/α-hetero) is 1. The molecule has 25 heavy (non-hydrogen) atoms. The topological polar surface area (TPSA) is 49.4 Å². The van der Waals surface area contributed by atoms with Gasteiger partial charge in [0.25, 0.3) is 0 Å². The van der Waals surface area contributed by atoms with Gasteiger partial charge in [-0.3, -0.25) is 14.5 Å². The maximum absolute atomic E-state index is 13.0. The molecule has 1 aromatic carbocycles. The van der Waals surface area contributed by atoms with Crippen LogP contribution in [0, 0.1) is 11.7 Å². The van der Waals surface area contributed by atoms with Crippen LogP contribution < -0.4 is 5.32 Å². The molecule has 0 saturated carbocycles. The maximum Gasteiger partial charge on any atom is 0.228 e. The minimum atomic E-state index is -0.363. The van der Waals surface area contributed by atoms with E-state index in [1.54, 1.807) is 12.1 Å². The summed E-state index contributed by atoms with van der Waals surface area (Å²) in [5.74, 6) is -0.653. The van der Waals surface area contributed by atoms with Crippen LogP contribution in [0.1, 0.15) is 25.3 Å². The Balaban J connectivity index is 2.10. The molecule has 1 atom stereocenters. The quantitative estimate of drug-likeness (QED) is 0.894. The number of likely N-dealkylation sites (tertiary alicyclic amines) is 1. The van der Waals surface area contributed by atoms with Gasteiger partial charge in [-0.1, -0.05) is 37.3 Å². The number of halogens is 1. The van der Waals surface area contributed by atoms with Gasteiger partial charge >= 0.3 is 0 Å². The molecule has 1 fully saturated rings. The number of hydrogen-bond acceptors (Lipinski definition) is 3. The van der Waals surface area contributed by atoms with Crippen LogP contribution in [0.2, 0.25) is 0 Å². The van der Waals surface area contributed by atoms with Crippen molar-refractivity contribution < 1.29 is 14.0 Å². The van der Waals surface area contributed by atoms with Gasteiger partial charge in [0.05, 0.1) is 12.5 Å². The van der Waals surface area contributed by atoms with Crippen molar-refractivity contribution in [3.63, 3.8) is 0 Å². The Hall–Kier alpha value is -2.27. The Labute approximate surface area is 148 Å². The zero-order chi connectivity index (χ0) is 18.2. The largest absolute Gasteiger partial charge is 0.351 e. The van der Waals surface area contributed by atoms with Gasteiger partial charge in [-0.05, 0) is 36.7 Å². The molecule has 5 heteroatoms. The number of carbonyl (C=O) groups is 2. The lowest BCUT2D eigenvalue weighted by Crippen LogP contribution is -2.37. The summed E-state index contributed by atoms with van der Waals surface area (Å²) < 4.78 is 13.0. The van der Waals surface area contributed by atoms with E-state index in [9.17, 15) is 14.0 Å². The molecule has 0 aliphatic carbocycles. The number of carbonyl (C=O) groups excluding carboxylic acids is 2. The number of allylic oxidation sites excluding steroid dienone is 3. The molecule has 1 aliphatic heterocycles. The molecule has 1 saturated heterocycles. The minimum Gasteiger partial charge on any atom is -0.351 e. The summed E-state index contributed by atoms with van der Waals surface area (Å²) >= 11 is 0. The molecule has 2 rings (SSSR count). The lowest BCUT2D eigenvalue weighted by molar-refractivity contribution is -0.124. The van der Waals surface area contributed by atoms with Gasteiger partial charge in [0.15, 0.2) is 5.78 Å². The van der Waals surface area contributed by atoms with Crippen molar-refractivity contribution in [3.8, 4) is 0 Å². The molecule has 1 unspecified atom stereocenters. The van der Waals surface area contributed by atoms with Crippen LogP contribution in [-0.2, 0) is 16.1 Å². The lowest BCUT2D eigenvalue weighted by atomic mass is 9.94. The van der Waals surface area contributed by atoms with Crippen molar-refractivity contribution in [1.82, 2.24) is 10.2 Å². The first-order chi connectivity index (χ1) is 12.0. The predicted octanol–water partition coefficient (Wildman–Crippen LogP) is 2.86. The van der Waals surface area contributed by atoms with Crippen LogP contribution in [0.25, 0.3) is 0 Å². The molecule has 0 aromatic heterocycles. The molecule has 1 aromatic rings. The average Bonchev–Trinajstić information content (AvgIpc) is 2.72. The van der Waals surface area contributed by atoms with Gasteiger partial charge < -0.3 is 5.32 Å². The maximum atomic E-state index is 13.0. The number of nitrogens with one attached hydrogen (secondary N) is 1. The number of nitrogens with zero attached hydrogens (tertiary/aromatic N) is 1. The summed E-state index contributed by atoms with van der Waals surface area (Å²) in [6.45, 7) is 3.24. The fourth-order valence-corrected chi connectivity index (χ4v) is 2.87. The third kappa shape index (κ3) is 5.94. The van der Waals surface area contributed by atoms with E-state index in [4.69, 9.17) is 0 Å². The monoisotopic (exact) mass is 344 g/mol. The Bertz CT molecular complexity index is 665. The average molecular weight is 344 g/mol. The van der Waals surface area contributed by atoms with Crippen molar-refractivity contribution >= 4 is 11.7 Å². The van der Waals surface area contributed by atoms with E-state index in [1.807, 2.05) is 37.1 Å². The molecule has 1 N–H and O–H groups in total. The number of amides is 1. The summed E-state index contributed by atoms with van der Waals surface area (Å²) in [4.78, 5) is 26.6. The van der Waals surface area contributed by atoms with Gasteiger partial charge in [0, 0.05) is 19.5 Å². The number of rotatable bonds is 5. The van der Waals surface area contributed by atoms with E-state index < -0.39 is 0 Å². The van der Waals surface area contributed by atoms with E-state index in [-0.39, 0.29) is 23.4 Å². The van der Waals surface area contributed by atoms with Crippen molar-refractivity contribution in [1.29, 1.82) is 0 Å². The summed E-state index contributed by atoms with van der Waals surface area (Å²) in [6, 6.07) is 6.05. The zero-order valence-electron chi connectivity index (χ0n) is 14.8. The fraction of sp³-hybridized carbons (Fsp3) is 0.400. The highest BCUT2D eigenvalue weighted by Gasteiger charge is 2.29. The molecule has 4 nitrogen and oxygen atoms in total. The van der Waals surface area contributed by atoms with Gasteiger partial charge in [0.2, 0.25) is 5.91 Å². The summed E-state index contributed by atoms with van der Waals surface area (Å²) in [6.07, 6.45) is 7.00. The summed E-state index contributed by atoms with van der Waals surface area (Å²) in [7, 11) is 1.85. The van der Waals surface area contributed by atoms with Crippen LogP contribution in [0.5, 0.6) is 0 Å². The van der Waals surface area contributed by atoms with Crippen molar-refractivity contribution in [2.45, 2.75) is 26.3 Å². The Morgan fingerprint density at radius 3 is 2.76 bits per heavy atom. The van der Waals surface area contributed by atoms with Crippen LogP contribution in [0.4, 0.5) is 4.39 Å². The normalized spacial score (nSPS) is 20.8. The summed E-state index contributed by atoms with van der Waals surface area (Å²) in [5, 5.41) is 2.91. The highest BCUT2D eigenvalue weighted by atomic mass is 19.1. The highest BCUT2D eigenvalue weighted by molar-refractivity contribution is 5.88. The molecule has 1 aliphatic rings. The second-order valence-corrected chi connectivity index (χ2v) is 6.39.